The molecular weight excluding hydrogens is 392 g/mol. The molecule has 0 aliphatic rings. The molecule has 2 rings (SSSR count). The highest BCUT2D eigenvalue weighted by Gasteiger charge is 2.28. The fourth-order valence-corrected chi connectivity index (χ4v) is 3.05. The number of nitrogens with one attached hydrogen (secondary N) is 1. The van der Waals surface area contributed by atoms with Crippen LogP contribution in [-0.2, 0) is 0 Å². The summed E-state index contributed by atoms with van der Waals surface area (Å²) >= 11 is 1.98. The average Bonchev–Trinajstić information content (AvgIpc) is 2.44. The Kier molecular flexibility index (Phi) is 5.21. The molecule has 0 radical (unpaired) electrons. The van der Waals surface area contributed by atoms with E-state index in [0.717, 1.165) is 5.56 Å². The van der Waals surface area contributed by atoms with Crippen molar-refractivity contribution in [3.05, 3.63) is 69.0 Å². The minimum absolute atomic E-state index is 0.123. The molecule has 1 unspecified atom stereocenters. The fraction of sp³-hybridized carbons (Fsp3) is 0.278. The van der Waals surface area contributed by atoms with Crippen LogP contribution in [0.5, 0.6) is 0 Å². The summed E-state index contributed by atoms with van der Waals surface area (Å²) in [6.07, 6.45) is 0. The van der Waals surface area contributed by atoms with E-state index in [-0.39, 0.29) is 23.2 Å². The van der Waals surface area contributed by atoms with Gasteiger partial charge in [-0.05, 0) is 51.8 Å². The van der Waals surface area contributed by atoms with E-state index in [2.05, 4.69) is 26.1 Å². The Morgan fingerprint density at radius 1 is 1.14 bits per heavy atom. The lowest BCUT2D eigenvalue weighted by Gasteiger charge is -2.32. The molecule has 1 amide bonds. The number of halogens is 2. The van der Waals surface area contributed by atoms with E-state index in [1.165, 1.54) is 18.2 Å². The Morgan fingerprint density at radius 2 is 1.77 bits per heavy atom. The summed E-state index contributed by atoms with van der Waals surface area (Å²) in [5.41, 5.74) is 1.41. The SMILES string of the molecule is CC(C)(C)C(NC(=O)c1ccc(F)cc1I)c1ccccc1. The highest BCUT2D eigenvalue weighted by atomic mass is 127. The third-order valence-electron chi connectivity index (χ3n) is 3.45. The van der Waals surface area contributed by atoms with Gasteiger partial charge in [0.1, 0.15) is 5.82 Å². The molecule has 0 saturated carbocycles. The van der Waals surface area contributed by atoms with E-state index in [9.17, 15) is 9.18 Å². The van der Waals surface area contributed by atoms with E-state index < -0.39 is 0 Å². The van der Waals surface area contributed by atoms with Crippen molar-refractivity contribution < 1.29 is 9.18 Å². The van der Waals surface area contributed by atoms with Crippen molar-refractivity contribution in [3.63, 3.8) is 0 Å². The summed E-state index contributed by atoms with van der Waals surface area (Å²) in [5.74, 6) is -0.524. The molecule has 4 heteroatoms. The van der Waals surface area contributed by atoms with Crippen LogP contribution in [0.15, 0.2) is 48.5 Å². The summed E-state index contributed by atoms with van der Waals surface area (Å²) in [4.78, 5) is 12.6. The summed E-state index contributed by atoms with van der Waals surface area (Å²) in [6.45, 7) is 6.25. The van der Waals surface area contributed by atoms with Crippen LogP contribution < -0.4 is 5.32 Å². The zero-order chi connectivity index (χ0) is 16.3. The molecule has 0 heterocycles. The van der Waals surface area contributed by atoms with Gasteiger partial charge in [-0.2, -0.15) is 0 Å². The lowest BCUT2D eigenvalue weighted by atomic mass is 9.82. The second-order valence-electron chi connectivity index (χ2n) is 6.31. The van der Waals surface area contributed by atoms with Crippen LogP contribution in [0.25, 0.3) is 0 Å². The Morgan fingerprint density at radius 3 is 2.32 bits per heavy atom. The van der Waals surface area contributed by atoms with E-state index in [0.29, 0.717) is 9.13 Å². The summed E-state index contributed by atoms with van der Waals surface area (Å²) in [5, 5.41) is 3.08. The fourth-order valence-electron chi connectivity index (χ4n) is 2.33. The van der Waals surface area contributed by atoms with Crippen molar-refractivity contribution >= 4 is 28.5 Å². The van der Waals surface area contributed by atoms with Crippen molar-refractivity contribution in [2.75, 3.05) is 0 Å². The van der Waals surface area contributed by atoms with E-state index in [4.69, 9.17) is 0 Å². The van der Waals surface area contributed by atoms with Crippen molar-refractivity contribution in [1.82, 2.24) is 5.32 Å². The number of benzene rings is 2. The largest absolute Gasteiger partial charge is 0.345 e. The molecule has 22 heavy (non-hydrogen) atoms. The molecule has 2 nitrogen and oxygen atoms in total. The topological polar surface area (TPSA) is 29.1 Å². The number of hydrogen-bond donors (Lipinski definition) is 1. The summed E-state index contributed by atoms with van der Waals surface area (Å²) in [6, 6.07) is 14.0. The first-order chi connectivity index (χ1) is 10.3. The first-order valence-electron chi connectivity index (χ1n) is 7.10. The number of amides is 1. The van der Waals surface area contributed by atoms with Gasteiger partial charge in [0.25, 0.3) is 5.91 Å². The molecule has 2 aromatic rings. The molecule has 116 valence electrons. The zero-order valence-electron chi connectivity index (χ0n) is 12.9. The molecule has 1 N–H and O–H groups in total. The van der Waals surface area contributed by atoms with Crippen LogP contribution in [0.2, 0.25) is 0 Å². The molecular formula is C18H19FINO. The maximum Gasteiger partial charge on any atom is 0.252 e. The van der Waals surface area contributed by atoms with E-state index >= 15 is 0 Å². The molecule has 0 spiro atoms. The Balaban J connectivity index is 2.30. The minimum Gasteiger partial charge on any atom is -0.345 e. The molecule has 0 aliphatic carbocycles. The van der Waals surface area contributed by atoms with Crippen LogP contribution in [0.4, 0.5) is 4.39 Å². The second kappa shape index (κ2) is 6.77. The Labute approximate surface area is 144 Å². The Hall–Kier alpha value is -1.43. The first-order valence-corrected chi connectivity index (χ1v) is 8.18. The van der Waals surface area contributed by atoms with Gasteiger partial charge in [-0.1, -0.05) is 51.1 Å². The maximum atomic E-state index is 13.2. The van der Waals surface area contributed by atoms with E-state index in [1.54, 1.807) is 0 Å². The van der Waals surface area contributed by atoms with Crippen LogP contribution >= 0.6 is 22.6 Å². The quantitative estimate of drug-likeness (QED) is 0.712. The van der Waals surface area contributed by atoms with Gasteiger partial charge in [-0.3, -0.25) is 4.79 Å². The maximum absolute atomic E-state index is 13.2. The Bertz CT molecular complexity index is 665. The van der Waals surface area contributed by atoms with Gasteiger partial charge in [0.05, 0.1) is 11.6 Å². The highest BCUT2D eigenvalue weighted by molar-refractivity contribution is 14.1. The molecule has 1 atom stereocenters. The average molecular weight is 411 g/mol. The smallest absolute Gasteiger partial charge is 0.252 e. The van der Waals surface area contributed by atoms with Crippen molar-refractivity contribution in [2.24, 2.45) is 5.41 Å². The summed E-state index contributed by atoms with van der Waals surface area (Å²) < 4.78 is 13.8. The normalized spacial score (nSPS) is 12.8. The molecule has 0 aliphatic heterocycles. The third kappa shape index (κ3) is 4.06. The van der Waals surface area contributed by atoms with Gasteiger partial charge in [0, 0.05) is 3.57 Å². The highest BCUT2D eigenvalue weighted by Crippen LogP contribution is 2.33. The zero-order valence-corrected chi connectivity index (χ0v) is 15.0. The van der Waals surface area contributed by atoms with Crippen molar-refractivity contribution in [3.8, 4) is 0 Å². The van der Waals surface area contributed by atoms with Gasteiger partial charge >= 0.3 is 0 Å². The molecule has 0 bridgehead atoms. The van der Waals surface area contributed by atoms with Gasteiger partial charge in [-0.25, -0.2) is 4.39 Å². The standard InChI is InChI=1S/C18H19FINO/c1-18(2,3)16(12-7-5-4-6-8-12)21-17(22)14-10-9-13(19)11-15(14)20/h4-11,16H,1-3H3,(H,21,22). The van der Waals surface area contributed by atoms with Crippen LogP contribution in [0.1, 0.15) is 42.7 Å². The van der Waals surface area contributed by atoms with E-state index in [1.807, 2.05) is 52.9 Å². The van der Waals surface area contributed by atoms with Crippen LogP contribution in [-0.4, -0.2) is 5.91 Å². The molecule has 0 aromatic heterocycles. The minimum atomic E-state index is -0.337. The number of hydrogen-bond acceptors (Lipinski definition) is 1. The number of carbonyl (C=O) groups excluding carboxylic acids is 1. The molecule has 2 aromatic carbocycles. The van der Waals surface area contributed by atoms with Crippen LogP contribution in [0.3, 0.4) is 0 Å². The lowest BCUT2D eigenvalue weighted by Crippen LogP contribution is -2.37. The van der Waals surface area contributed by atoms with Crippen LogP contribution in [0, 0.1) is 14.8 Å². The van der Waals surface area contributed by atoms with Gasteiger partial charge in [0.2, 0.25) is 0 Å². The molecule has 0 fully saturated rings. The lowest BCUT2D eigenvalue weighted by molar-refractivity contribution is 0.0901. The molecule has 0 saturated heterocycles. The van der Waals surface area contributed by atoms with Crippen molar-refractivity contribution in [1.29, 1.82) is 0 Å². The predicted octanol–water partition coefficient (Wildman–Crippen LogP) is 4.95. The van der Waals surface area contributed by atoms with Crippen molar-refractivity contribution in [2.45, 2.75) is 26.8 Å². The third-order valence-corrected chi connectivity index (χ3v) is 4.34. The predicted molar refractivity (Wildman–Crippen MR) is 95.2 cm³/mol. The van der Waals surface area contributed by atoms with Gasteiger partial charge in [-0.15, -0.1) is 0 Å². The summed E-state index contributed by atoms with van der Waals surface area (Å²) in [7, 11) is 0. The monoisotopic (exact) mass is 411 g/mol. The second-order valence-corrected chi connectivity index (χ2v) is 7.47. The first kappa shape index (κ1) is 16.9. The van der Waals surface area contributed by atoms with Gasteiger partial charge in [0.15, 0.2) is 0 Å². The number of rotatable bonds is 3. The van der Waals surface area contributed by atoms with Gasteiger partial charge < -0.3 is 5.32 Å². The number of carbonyl (C=O) groups is 1.